The van der Waals surface area contributed by atoms with Gasteiger partial charge in [0, 0.05) is 48.7 Å². The molecule has 0 bridgehead atoms. The van der Waals surface area contributed by atoms with E-state index in [1.807, 2.05) is 0 Å². The molecule has 2 aromatic carbocycles. The monoisotopic (exact) mass is 786 g/mol. The van der Waals surface area contributed by atoms with Crippen molar-refractivity contribution in [1.29, 1.82) is 0 Å². The van der Waals surface area contributed by atoms with Crippen molar-refractivity contribution in [2.75, 3.05) is 60.8 Å². The third-order valence-corrected chi connectivity index (χ3v) is 12.8. The second-order valence-electron chi connectivity index (χ2n) is 13.8. The lowest BCUT2D eigenvalue weighted by atomic mass is 9.90. The van der Waals surface area contributed by atoms with Crippen LogP contribution in [0.4, 0.5) is 31.8 Å². The van der Waals surface area contributed by atoms with Crippen LogP contribution in [0.3, 0.4) is 0 Å². The first kappa shape index (κ1) is 37.4. The Bertz CT molecular complexity index is 2230. The number of benzene rings is 2. The van der Waals surface area contributed by atoms with Crippen molar-refractivity contribution in [2.24, 2.45) is 0 Å². The molecular weight excluding hydrogens is 747 g/mol. The minimum Gasteiger partial charge on any atom is -0.385 e. The maximum Gasteiger partial charge on any atom is 0.256 e. The number of nitrogens with zero attached hydrogens (tertiary/aromatic N) is 6. The van der Waals surface area contributed by atoms with Gasteiger partial charge in [0.05, 0.1) is 48.8 Å². The van der Waals surface area contributed by atoms with E-state index in [1.165, 1.54) is 32.9 Å². The molecule has 0 radical (unpaired) electrons. The van der Waals surface area contributed by atoms with Gasteiger partial charge in [0.2, 0.25) is 20.0 Å². The average molecular weight is 787 g/mol. The Hall–Kier alpha value is -4.92. The topological polar surface area (TPSA) is 221 Å². The molecule has 6 heterocycles. The molecule has 54 heavy (non-hydrogen) atoms. The predicted molar refractivity (Wildman–Crippen MR) is 197 cm³/mol. The van der Waals surface area contributed by atoms with Crippen LogP contribution in [0.2, 0.25) is 0 Å². The summed E-state index contributed by atoms with van der Waals surface area (Å²) in [5.41, 5.74) is 17.3. The molecule has 16 nitrogen and oxygen atoms in total. The Balaban J connectivity index is 0.000000167. The molecule has 2 atom stereocenters. The standard InChI is InChI=1S/2C17H20FN5O3S/c2*1-27(25,26)22-7-5-12-15(9-22)21-23(16(12)19)17(24)11-4-6-20-14-3-2-10(18)8-13(11)14/h2*2-3,8,11,20H,4-7,9,19H2,1H3/t11-;/m0./s1. The SMILES string of the molecule is CS(=O)(=O)N1CCc2c(nn(C(=O)C3CCNc4ccc(F)cc43)c2N)C1.CS(=O)(=O)N1CCc2c(nn(C(=O)[C@H]3CCNc4ccc(F)cc43)c2N)C1. The second kappa shape index (κ2) is 14.1. The van der Waals surface area contributed by atoms with E-state index < -0.39 is 43.5 Å². The number of sulfonamides is 2. The maximum absolute atomic E-state index is 13.7. The minimum absolute atomic E-state index is 0.0933. The molecular formula is C34H40F2N10O6S2. The van der Waals surface area contributed by atoms with E-state index in [1.54, 1.807) is 12.1 Å². The van der Waals surface area contributed by atoms with Crippen LogP contribution in [-0.4, -0.2) is 95.5 Å². The minimum atomic E-state index is -3.35. The molecule has 4 aromatic rings. The number of fused-ring (bicyclic) bond motifs is 4. The number of hydrogen-bond acceptors (Lipinski definition) is 12. The van der Waals surface area contributed by atoms with Crippen LogP contribution in [0, 0.1) is 11.6 Å². The van der Waals surface area contributed by atoms with Crippen molar-refractivity contribution in [2.45, 2.75) is 50.6 Å². The van der Waals surface area contributed by atoms with Crippen LogP contribution < -0.4 is 22.1 Å². The van der Waals surface area contributed by atoms with Crippen molar-refractivity contribution >= 4 is 54.9 Å². The van der Waals surface area contributed by atoms with Crippen LogP contribution >= 0.6 is 0 Å². The third-order valence-electron chi connectivity index (χ3n) is 10.3. The number of nitrogens with two attached hydrogens (primary N) is 2. The summed E-state index contributed by atoms with van der Waals surface area (Å²) in [6.45, 7) is 1.95. The zero-order valence-electron chi connectivity index (χ0n) is 29.5. The highest BCUT2D eigenvalue weighted by molar-refractivity contribution is 7.88. The maximum atomic E-state index is 13.7. The van der Waals surface area contributed by atoms with Gasteiger partial charge < -0.3 is 22.1 Å². The summed E-state index contributed by atoms with van der Waals surface area (Å²) < 4.78 is 79.5. The molecule has 0 spiro atoms. The van der Waals surface area contributed by atoms with Crippen LogP contribution in [0.1, 0.15) is 67.9 Å². The number of hydrogen-bond donors (Lipinski definition) is 4. The number of aromatic nitrogens is 4. The Morgan fingerprint density at radius 1 is 0.704 bits per heavy atom. The number of carbonyl (C=O) groups excluding carboxylic acids is 2. The smallest absolute Gasteiger partial charge is 0.256 e. The Morgan fingerprint density at radius 3 is 1.46 bits per heavy atom. The normalized spacial score (nSPS) is 19.9. The summed E-state index contributed by atoms with van der Waals surface area (Å²) in [6.07, 6.45) is 4.08. The summed E-state index contributed by atoms with van der Waals surface area (Å²) >= 11 is 0. The zero-order chi connectivity index (χ0) is 38.7. The molecule has 1 unspecified atom stereocenters. The Morgan fingerprint density at radius 2 is 1.09 bits per heavy atom. The number of nitrogen functional groups attached to an aromatic ring is 2. The lowest BCUT2D eigenvalue weighted by Crippen LogP contribution is -2.35. The van der Waals surface area contributed by atoms with Gasteiger partial charge in [-0.3, -0.25) is 9.59 Å². The van der Waals surface area contributed by atoms with Crippen LogP contribution in [-0.2, 0) is 46.0 Å². The van der Waals surface area contributed by atoms with Gasteiger partial charge in [-0.2, -0.15) is 28.2 Å². The third kappa shape index (κ3) is 7.05. The molecule has 8 rings (SSSR count). The fourth-order valence-corrected chi connectivity index (χ4v) is 9.03. The lowest BCUT2D eigenvalue weighted by molar-refractivity contribution is 0.0851. The van der Waals surface area contributed by atoms with E-state index in [4.69, 9.17) is 11.5 Å². The van der Waals surface area contributed by atoms with E-state index in [-0.39, 0.29) is 36.5 Å². The molecule has 288 valence electrons. The van der Waals surface area contributed by atoms with Gasteiger partial charge in [-0.1, -0.05) is 0 Å². The summed E-state index contributed by atoms with van der Waals surface area (Å²) in [4.78, 5) is 26.3. The van der Waals surface area contributed by atoms with E-state index in [2.05, 4.69) is 20.8 Å². The van der Waals surface area contributed by atoms with Gasteiger partial charge in [-0.15, -0.1) is 0 Å². The van der Waals surface area contributed by atoms with Crippen molar-refractivity contribution in [3.05, 3.63) is 81.7 Å². The van der Waals surface area contributed by atoms with Gasteiger partial charge in [0.1, 0.15) is 23.3 Å². The first-order valence-electron chi connectivity index (χ1n) is 17.3. The van der Waals surface area contributed by atoms with Crippen molar-refractivity contribution in [1.82, 2.24) is 28.2 Å². The first-order chi connectivity index (χ1) is 25.5. The van der Waals surface area contributed by atoms with Crippen LogP contribution in [0.15, 0.2) is 36.4 Å². The molecule has 0 saturated heterocycles. The van der Waals surface area contributed by atoms with Gasteiger partial charge >= 0.3 is 0 Å². The zero-order valence-corrected chi connectivity index (χ0v) is 31.2. The van der Waals surface area contributed by atoms with E-state index in [0.717, 1.165) is 33.2 Å². The van der Waals surface area contributed by atoms with E-state index in [9.17, 15) is 35.2 Å². The second-order valence-corrected chi connectivity index (χ2v) is 17.8. The number of carbonyl (C=O) groups is 2. The average Bonchev–Trinajstić information content (AvgIpc) is 3.65. The summed E-state index contributed by atoms with van der Waals surface area (Å²) in [5, 5.41) is 14.9. The molecule has 0 fully saturated rings. The summed E-state index contributed by atoms with van der Waals surface area (Å²) in [6, 6.07) is 8.64. The molecule has 0 amide bonds. The number of nitrogens with one attached hydrogen (secondary N) is 2. The highest BCUT2D eigenvalue weighted by atomic mass is 32.2. The quantitative estimate of drug-likeness (QED) is 0.234. The van der Waals surface area contributed by atoms with Crippen molar-refractivity contribution < 1.29 is 35.2 Å². The fourth-order valence-electron chi connectivity index (χ4n) is 7.47. The molecule has 4 aliphatic heterocycles. The molecule has 20 heteroatoms. The molecule has 0 saturated carbocycles. The first-order valence-corrected chi connectivity index (χ1v) is 21.0. The Kier molecular flexibility index (Phi) is 9.73. The van der Waals surface area contributed by atoms with Crippen molar-refractivity contribution in [3.63, 3.8) is 0 Å². The number of anilines is 4. The number of halogens is 2. The Labute approximate surface area is 310 Å². The van der Waals surface area contributed by atoms with Gasteiger partial charge in [0.15, 0.2) is 0 Å². The van der Waals surface area contributed by atoms with Crippen LogP contribution in [0.5, 0.6) is 0 Å². The molecule has 0 aliphatic carbocycles. The van der Waals surface area contributed by atoms with E-state index >= 15 is 0 Å². The summed E-state index contributed by atoms with van der Waals surface area (Å²) in [7, 11) is -6.70. The largest absolute Gasteiger partial charge is 0.385 e. The highest BCUT2D eigenvalue weighted by Gasteiger charge is 2.35. The molecule has 4 aliphatic rings. The summed E-state index contributed by atoms with van der Waals surface area (Å²) in [5.74, 6) is -2.14. The number of rotatable bonds is 4. The van der Waals surface area contributed by atoms with E-state index in [0.29, 0.717) is 85.5 Å². The molecule has 6 N–H and O–H groups in total. The van der Waals surface area contributed by atoms with Gasteiger partial charge in [0.25, 0.3) is 11.8 Å². The van der Waals surface area contributed by atoms with Crippen molar-refractivity contribution in [3.8, 4) is 0 Å². The fraction of sp³-hybridized carbons (Fsp3) is 0.412. The highest BCUT2D eigenvalue weighted by Crippen LogP contribution is 2.36. The lowest BCUT2D eigenvalue weighted by Gasteiger charge is -2.25. The predicted octanol–water partition coefficient (Wildman–Crippen LogP) is 2.32. The van der Waals surface area contributed by atoms with Crippen LogP contribution in [0.25, 0.3) is 0 Å². The molecule has 2 aromatic heterocycles. The van der Waals surface area contributed by atoms with Gasteiger partial charge in [-0.05, 0) is 73.2 Å². The van der Waals surface area contributed by atoms with Gasteiger partial charge in [-0.25, -0.2) is 25.6 Å².